The maximum atomic E-state index is 14.0. The maximum absolute atomic E-state index is 14.0. The van der Waals surface area contributed by atoms with Gasteiger partial charge in [0.1, 0.15) is 17.2 Å². The van der Waals surface area contributed by atoms with Crippen LogP contribution in [0.5, 0.6) is 0 Å². The normalized spacial score (nSPS) is 11.0. The van der Waals surface area contributed by atoms with Crippen LogP contribution < -0.4 is 0 Å². The van der Waals surface area contributed by atoms with Crippen LogP contribution >= 0.6 is 11.6 Å². The molecule has 0 saturated carbocycles. The number of fused-ring (bicyclic) bond motifs is 1. The van der Waals surface area contributed by atoms with E-state index in [4.69, 9.17) is 16.7 Å². The van der Waals surface area contributed by atoms with Crippen molar-refractivity contribution < 1.29 is 14.3 Å². The molecule has 2 N–H and O–H groups in total. The van der Waals surface area contributed by atoms with E-state index in [1.54, 1.807) is 12.1 Å². The number of H-pyrrole nitrogens is 1. The molecule has 8 heteroatoms. The Balaban J connectivity index is 1.98. The first-order valence-corrected chi connectivity index (χ1v) is 6.29. The van der Waals surface area contributed by atoms with Crippen LogP contribution in [0.4, 0.5) is 4.39 Å². The van der Waals surface area contributed by atoms with E-state index in [9.17, 15) is 9.18 Å². The second-order valence-corrected chi connectivity index (χ2v) is 4.84. The molecule has 3 aromatic rings. The second kappa shape index (κ2) is 5.10. The van der Waals surface area contributed by atoms with Crippen LogP contribution in [0.15, 0.2) is 24.4 Å². The number of aromatic carboxylic acids is 1. The molecule has 0 aliphatic heterocycles. The van der Waals surface area contributed by atoms with Crippen molar-refractivity contribution in [2.75, 3.05) is 0 Å². The minimum Gasteiger partial charge on any atom is -0.475 e. The summed E-state index contributed by atoms with van der Waals surface area (Å²) in [5.41, 5.74) is 0.837. The lowest BCUT2D eigenvalue weighted by Crippen LogP contribution is -1.99. The molecule has 0 radical (unpaired) electrons. The van der Waals surface area contributed by atoms with E-state index in [0.29, 0.717) is 21.8 Å². The molecule has 0 spiro atoms. The predicted molar refractivity (Wildman–Crippen MR) is 72.9 cm³/mol. The lowest BCUT2D eigenvalue weighted by molar-refractivity contribution is 0.0684. The topological polar surface area (TPSA) is 91.8 Å². The molecule has 0 fully saturated rings. The van der Waals surface area contributed by atoms with Crippen molar-refractivity contribution >= 4 is 28.5 Å². The Bertz CT molecular complexity index is 849. The van der Waals surface area contributed by atoms with Gasteiger partial charge in [-0.1, -0.05) is 11.6 Å². The predicted octanol–water partition coefficient (Wildman–Crippen LogP) is 2.43. The number of hydrogen-bond acceptors (Lipinski definition) is 4. The Morgan fingerprint density at radius 2 is 2.14 bits per heavy atom. The average molecular weight is 307 g/mol. The van der Waals surface area contributed by atoms with Crippen LogP contribution in [0.2, 0.25) is 5.02 Å². The smallest absolute Gasteiger partial charge is 0.373 e. The Kier molecular flexibility index (Phi) is 3.26. The molecule has 1 aromatic carbocycles. The molecular weight excluding hydrogens is 299 g/mol. The van der Waals surface area contributed by atoms with Gasteiger partial charge in [-0.15, -0.1) is 10.2 Å². The van der Waals surface area contributed by atoms with Gasteiger partial charge in [0.05, 0.1) is 5.02 Å². The van der Waals surface area contributed by atoms with Crippen molar-refractivity contribution in [3.05, 3.63) is 52.4 Å². The molecule has 106 valence electrons. The summed E-state index contributed by atoms with van der Waals surface area (Å²) in [5.74, 6) is -1.59. The van der Waals surface area contributed by atoms with Crippen molar-refractivity contribution in [1.82, 2.24) is 20.2 Å². The Morgan fingerprint density at radius 3 is 2.86 bits per heavy atom. The van der Waals surface area contributed by atoms with Gasteiger partial charge in [-0.05, 0) is 23.8 Å². The van der Waals surface area contributed by atoms with Crippen molar-refractivity contribution in [1.29, 1.82) is 0 Å². The number of nitrogens with zero attached hydrogens (tertiary/aromatic N) is 3. The number of rotatable bonds is 3. The number of halogens is 2. The van der Waals surface area contributed by atoms with Gasteiger partial charge in [-0.2, -0.15) is 0 Å². The number of pyridine rings is 1. The highest BCUT2D eigenvalue weighted by Gasteiger charge is 2.12. The summed E-state index contributed by atoms with van der Waals surface area (Å²) in [6, 6.07) is 4.66. The van der Waals surface area contributed by atoms with E-state index in [1.807, 2.05) is 0 Å². The number of carboxylic acids is 1. The van der Waals surface area contributed by atoms with Crippen molar-refractivity contribution in [3.8, 4) is 0 Å². The van der Waals surface area contributed by atoms with E-state index in [0.717, 1.165) is 0 Å². The molecule has 2 heterocycles. The Labute approximate surface area is 122 Å². The lowest BCUT2D eigenvalue weighted by atomic mass is 10.1. The number of aromatic amines is 1. The van der Waals surface area contributed by atoms with E-state index < -0.39 is 11.8 Å². The minimum absolute atomic E-state index is 0.222. The van der Waals surface area contributed by atoms with Crippen LogP contribution in [-0.2, 0) is 6.42 Å². The molecular formula is C13H8ClFN4O2. The standard InChI is InChI=1S/C13H8ClFN4O2/c14-8-4-7-1-6(2-9(15)11(7)16-5-8)3-10-17-12(13(20)21)19-18-10/h1-2,4-5H,3H2,(H,20,21)(H,17,18,19). The van der Waals surface area contributed by atoms with Crippen molar-refractivity contribution in [3.63, 3.8) is 0 Å². The second-order valence-electron chi connectivity index (χ2n) is 4.41. The van der Waals surface area contributed by atoms with Crippen molar-refractivity contribution in [2.45, 2.75) is 6.42 Å². The Morgan fingerprint density at radius 1 is 1.33 bits per heavy atom. The van der Waals surface area contributed by atoms with Gasteiger partial charge in [0.15, 0.2) is 0 Å². The van der Waals surface area contributed by atoms with Crippen LogP contribution in [0.3, 0.4) is 0 Å². The molecule has 0 amide bonds. The van der Waals surface area contributed by atoms with Gasteiger partial charge in [0.25, 0.3) is 0 Å². The third kappa shape index (κ3) is 2.68. The van der Waals surface area contributed by atoms with Gasteiger partial charge in [0.2, 0.25) is 5.82 Å². The van der Waals surface area contributed by atoms with Gasteiger partial charge >= 0.3 is 5.97 Å². The van der Waals surface area contributed by atoms with Gasteiger partial charge in [-0.3, -0.25) is 4.98 Å². The monoisotopic (exact) mass is 306 g/mol. The SMILES string of the molecule is O=C(O)c1nnc(Cc2cc(F)c3ncc(Cl)cc3c2)[nH]1. The molecule has 0 aliphatic rings. The molecule has 0 aliphatic carbocycles. The summed E-state index contributed by atoms with van der Waals surface area (Å²) in [5, 5.41) is 16.9. The Hall–Kier alpha value is -2.54. The molecule has 0 bridgehead atoms. The van der Waals surface area contributed by atoms with Crippen LogP contribution in [0, 0.1) is 5.82 Å². The van der Waals surface area contributed by atoms with Crippen LogP contribution in [0.1, 0.15) is 22.0 Å². The fourth-order valence-corrected chi connectivity index (χ4v) is 2.17. The number of nitrogens with one attached hydrogen (secondary N) is 1. The zero-order valence-corrected chi connectivity index (χ0v) is 11.2. The zero-order valence-electron chi connectivity index (χ0n) is 10.5. The highest BCUT2D eigenvalue weighted by atomic mass is 35.5. The summed E-state index contributed by atoms with van der Waals surface area (Å²) >= 11 is 5.84. The largest absolute Gasteiger partial charge is 0.475 e. The summed E-state index contributed by atoms with van der Waals surface area (Å²) in [7, 11) is 0. The average Bonchev–Trinajstić information content (AvgIpc) is 2.86. The van der Waals surface area contributed by atoms with E-state index in [-0.39, 0.29) is 17.8 Å². The minimum atomic E-state index is -1.20. The summed E-state index contributed by atoms with van der Waals surface area (Å²) in [6.45, 7) is 0. The summed E-state index contributed by atoms with van der Waals surface area (Å²) in [6.07, 6.45) is 1.60. The molecule has 0 saturated heterocycles. The maximum Gasteiger partial charge on any atom is 0.373 e. The number of benzene rings is 1. The van der Waals surface area contributed by atoms with Gasteiger partial charge < -0.3 is 10.1 Å². The van der Waals surface area contributed by atoms with Crippen LogP contribution in [0.25, 0.3) is 10.9 Å². The third-order valence-corrected chi connectivity index (χ3v) is 3.08. The third-order valence-electron chi connectivity index (χ3n) is 2.87. The summed E-state index contributed by atoms with van der Waals surface area (Å²) < 4.78 is 14.0. The number of aromatic nitrogens is 4. The zero-order chi connectivity index (χ0) is 15.0. The molecule has 2 aromatic heterocycles. The molecule has 0 unspecified atom stereocenters. The number of carbonyl (C=O) groups is 1. The quantitative estimate of drug-likeness (QED) is 0.775. The van der Waals surface area contributed by atoms with E-state index >= 15 is 0 Å². The van der Waals surface area contributed by atoms with E-state index in [2.05, 4.69) is 20.2 Å². The van der Waals surface area contributed by atoms with Gasteiger partial charge in [-0.25, -0.2) is 9.18 Å². The molecule has 3 rings (SSSR count). The first kappa shape index (κ1) is 13.4. The number of carboxylic acid groups (broad SMARTS) is 1. The highest BCUT2D eigenvalue weighted by molar-refractivity contribution is 6.31. The first-order valence-electron chi connectivity index (χ1n) is 5.91. The van der Waals surface area contributed by atoms with Crippen LogP contribution in [-0.4, -0.2) is 31.2 Å². The van der Waals surface area contributed by atoms with Gasteiger partial charge in [0, 0.05) is 18.0 Å². The first-order chi connectivity index (χ1) is 10.0. The van der Waals surface area contributed by atoms with Crippen molar-refractivity contribution in [2.24, 2.45) is 0 Å². The molecule has 0 atom stereocenters. The summed E-state index contributed by atoms with van der Waals surface area (Å²) in [4.78, 5) is 17.2. The fourth-order valence-electron chi connectivity index (χ4n) is 2.01. The van der Waals surface area contributed by atoms with E-state index in [1.165, 1.54) is 12.3 Å². The molecule has 6 nitrogen and oxygen atoms in total. The fraction of sp³-hybridized carbons (Fsp3) is 0.0769. The lowest BCUT2D eigenvalue weighted by Gasteiger charge is -2.03. The molecule has 21 heavy (non-hydrogen) atoms. The number of hydrogen-bond donors (Lipinski definition) is 2. The highest BCUT2D eigenvalue weighted by Crippen LogP contribution is 2.22.